The van der Waals surface area contributed by atoms with E-state index in [-0.39, 0.29) is 23.7 Å². The Kier molecular flexibility index (Phi) is 6.84. The van der Waals surface area contributed by atoms with Crippen molar-refractivity contribution in [2.24, 2.45) is 0 Å². The van der Waals surface area contributed by atoms with Crippen LogP contribution in [0.15, 0.2) is 66.7 Å². The van der Waals surface area contributed by atoms with Gasteiger partial charge in [-0.2, -0.15) is 0 Å². The second-order valence-electron chi connectivity index (χ2n) is 8.54. The molecule has 1 atom stereocenters. The summed E-state index contributed by atoms with van der Waals surface area (Å²) >= 11 is 0. The van der Waals surface area contributed by atoms with E-state index in [1.54, 1.807) is 24.3 Å². The summed E-state index contributed by atoms with van der Waals surface area (Å²) in [6.07, 6.45) is 3.36. The van der Waals surface area contributed by atoms with Gasteiger partial charge in [0.25, 0.3) is 0 Å². The summed E-state index contributed by atoms with van der Waals surface area (Å²) in [5.74, 6) is -0.439. The molecule has 4 rings (SSSR count). The lowest BCUT2D eigenvalue weighted by Gasteiger charge is -2.39. The molecule has 1 fully saturated rings. The summed E-state index contributed by atoms with van der Waals surface area (Å²) in [6, 6.07) is 18.4. The first-order valence-electron chi connectivity index (χ1n) is 11.1. The van der Waals surface area contributed by atoms with Gasteiger partial charge in [-0.05, 0) is 59.2 Å². The molecular formula is C27H28FN3O2. The quantitative estimate of drug-likeness (QED) is 0.580. The van der Waals surface area contributed by atoms with Crippen LogP contribution < -0.4 is 5.32 Å². The number of anilines is 1. The molecule has 0 radical (unpaired) electrons. The van der Waals surface area contributed by atoms with Gasteiger partial charge in [0.2, 0.25) is 11.8 Å². The van der Waals surface area contributed by atoms with Crippen LogP contribution in [0.3, 0.4) is 0 Å². The molecule has 3 aromatic rings. The van der Waals surface area contributed by atoms with E-state index in [1.165, 1.54) is 19.1 Å². The lowest BCUT2D eigenvalue weighted by atomic mass is 10.0. The number of halogens is 1. The minimum atomic E-state index is -0.234. The van der Waals surface area contributed by atoms with Gasteiger partial charge in [0.15, 0.2) is 0 Å². The van der Waals surface area contributed by atoms with Crippen molar-refractivity contribution in [1.29, 1.82) is 0 Å². The molecule has 1 aliphatic rings. The van der Waals surface area contributed by atoms with Crippen molar-refractivity contribution < 1.29 is 14.0 Å². The van der Waals surface area contributed by atoms with Crippen molar-refractivity contribution in [3.05, 3.63) is 83.7 Å². The van der Waals surface area contributed by atoms with Crippen molar-refractivity contribution in [2.45, 2.75) is 26.4 Å². The molecule has 1 heterocycles. The van der Waals surface area contributed by atoms with Crippen LogP contribution in [-0.4, -0.2) is 47.3 Å². The first-order valence-corrected chi connectivity index (χ1v) is 11.1. The van der Waals surface area contributed by atoms with Gasteiger partial charge in [-0.25, -0.2) is 4.39 Å². The Morgan fingerprint density at radius 2 is 1.76 bits per heavy atom. The monoisotopic (exact) mass is 445 g/mol. The molecule has 3 aromatic carbocycles. The van der Waals surface area contributed by atoms with Crippen molar-refractivity contribution in [3.63, 3.8) is 0 Å². The van der Waals surface area contributed by atoms with Crippen molar-refractivity contribution in [3.8, 4) is 0 Å². The number of nitrogens with zero attached hydrogens (tertiary/aromatic N) is 2. The van der Waals surface area contributed by atoms with E-state index in [4.69, 9.17) is 0 Å². The third kappa shape index (κ3) is 5.65. The summed E-state index contributed by atoms with van der Waals surface area (Å²) in [7, 11) is 0. The molecular weight excluding hydrogens is 417 g/mol. The number of benzene rings is 3. The number of amides is 2. The van der Waals surface area contributed by atoms with Crippen LogP contribution in [0, 0.1) is 5.82 Å². The van der Waals surface area contributed by atoms with Gasteiger partial charge in [-0.3, -0.25) is 14.5 Å². The molecule has 33 heavy (non-hydrogen) atoms. The fourth-order valence-electron chi connectivity index (χ4n) is 4.30. The highest BCUT2D eigenvalue weighted by Crippen LogP contribution is 2.26. The van der Waals surface area contributed by atoms with Gasteiger partial charge >= 0.3 is 0 Å². The second-order valence-corrected chi connectivity index (χ2v) is 8.54. The number of fused-ring (bicyclic) bond motifs is 1. The Morgan fingerprint density at radius 1 is 1.06 bits per heavy atom. The molecule has 5 nitrogen and oxygen atoms in total. The lowest BCUT2D eigenvalue weighted by molar-refractivity contribution is -0.130. The average molecular weight is 446 g/mol. The number of hydrogen-bond donors (Lipinski definition) is 1. The van der Waals surface area contributed by atoms with Crippen LogP contribution >= 0.6 is 0 Å². The van der Waals surface area contributed by atoms with Gasteiger partial charge in [0, 0.05) is 50.9 Å². The van der Waals surface area contributed by atoms with Gasteiger partial charge in [-0.15, -0.1) is 0 Å². The Labute approximate surface area is 193 Å². The van der Waals surface area contributed by atoms with E-state index >= 15 is 0 Å². The Hall–Kier alpha value is -3.51. The van der Waals surface area contributed by atoms with Crippen molar-refractivity contribution in [2.75, 3.05) is 25.0 Å². The van der Waals surface area contributed by atoms with E-state index < -0.39 is 0 Å². The maximum absolute atomic E-state index is 13.1. The van der Waals surface area contributed by atoms with Gasteiger partial charge in [-0.1, -0.05) is 36.4 Å². The third-order valence-corrected chi connectivity index (χ3v) is 5.95. The Morgan fingerprint density at radius 3 is 2.42 bits per heavy atom. The fourth-order valence-corrected chi connectivity index (χ4v) is 4.30. The summed E-state index contributed by atoms with van der Waals surface area (Å²) in [5.41, 5.74) is 2.53. The maximum Gasteiger partial charge on any atom is 0.246 e. The average Bonchev–Trinajstić information content (AvgIpc) is 2.78. The van der Waals surface area contributed by atoms with Crippen molar-refractivity contribution >= 4 is 34.4 Å². The molecule has 1 saturated heterocycles. The van der Waals surface area contributed by atoms with Gasteiger partial charge < -0.3 is 10.2 Å². The van der Waals surface area contributed by atoms with Crippen LogP contribution in [0.5, 0.6) is 0 Å². The van der Waals surface area contributed by atoms with Crippen molar-refractivity contribution in [1.82, 2.24) is 9.80 Å². The minimum absolute atomic E-state index is 0.0501. The molecule has 0 aliphatic carbocycles. The molecule has 0 aromatic heterocycles. The molecule has 0 bridgehead atoms. The number of piperazine rings is 1. The normalized spacial score (nSPS) is 16.9. The van der Waals surface area contributed by atoms with E-state index in [9.17, 15) is 14.0 Å². The number of carbonyl (C=O) groups excluding carboxylic acids is 2. The highest BCUT2D eigenvalue weighted by atomic mass is 19.1. The number of nitrogens with one attached hydrogen (secondary N) is 1. The molecule has 0 saturated carbocycles. The van der Waals surface area contributed by atoms with Gasteiger partial charge in [0.05, 0.1) is 0 Å². The number of hydrogen-bond acceptors (Lipinski definition) is 3. The maximum atomic E-state index is 13.1. The highest BCUT2D eigenvalue weighted by molar-refractivity contribution is 5.99. The number of carbonyl (C=O) groups is 2. The summed E-state index contributed by atoms with van der Waals surface area (Å²) in [5, 5.41) is 4.93. The van der Waals surface area contributed by atoms with Crippen LogP contribution in [-0.2, 0) is 16.1 Å². The highest BCUT2D eigenvalue weighted by Gasteiger charge is 2.26. The summed E-state index contributed by atoms with van der Waals surface area (Å²) < 4.78 is 13.1. The zero-order valence-corrected chi connectivity index (χ0v) is 18.9. The molecule has 6 heteroatoms. The van der Waals surface area contributed by atoms with Crippen LogP contribution in [0.4, 0.5) is 10.1 Å². The molecule has 170 valence electrons. The Balaban J connectivity index is 1.44. The Bertz CT molecular complexity index is 1190. The van der Waals surface area contributed by atoms with Crippen LogP contribution in [0.2, 0.25) is 0 Å². The van der Waals surface area contributed by atoms with Crippen LogP contribution in [0.25, 0.3) is 16.8 Å². The van der Waals surface area contributed by atoms with E-state index in [1.807, 2.05) is 48.2 Å². The number of rotatable bonds is 5. The topological polar surface area (TPSA) is 52.7 Å². The third-order valence-electron chi connectivity index (χ3n) is 5.95. The zero-order chi connectivity index (χ0) is 23.4. The minimum Gasteiger partial charge on any atom is -0.334 e. The van der Waals surface area contributed by atoms with E-state index in [0.29, 0.717) is 12.2 Å². The molecule has 1 N–H and O–H groups in total. The van der Waals surface area contributed by atoms with E-state index in [0.717, 1.165) is 41.5 Å². The molecule has 0 spiro atoms. The van der Waals surface area contributed by atoms with Gasteiger partial charge in [0.1, 0.15) is 5.82 Å². The largest absolute Gasteiger partial charge is 0.334 e. The standard InChI is InChI=1S/C27H28FN3O2/c1-19-17-30(18-21-7-10-25(28)11-8-21)13-14-31(19)27(33)12-9-24-15-22-5-3-4-6-23(22)16-26(24)29-20(2)32/h3-12,15-16,19H,13-14,17-18H2,1-2H3,(H,29,32)/t19-/m1/s1. The molecule has 0 unspecified atom stereocenters. The van der Waals surface area contributed by atoms with Crippen LogP contribution in [0.1, 0.15) is 25.0 Å². The molecule has 1 aliphatic heterocycles. The summed E-state index contributed by atoms with van der Waals surface area (Å²) in [4.78, 5) is 28.8. The SMILES string of the molecule is CC(=O)Nc1cc2ccccc2cc1C=CC(=O)N1CCN(Cc2ccc(F)cc2)C[C@H]1C. The predicted molar refractivity (Wildman–Crippen MR) is 130 cm³/mol. The zero-order valence-electron chi connectivity index (χ0n) is 18.9. The first kappa shape index (κ1) is 22.7. The predicted octanol–water partition coefficient (Wildman–Crippen LogP) is 4.68. The first-order chi connectivity index (χ1) is 15.9. The second kappa shape index (κ2) is 9.96. The summed E-state index contributed by atoms with van der Waals surface area (Å²) in [6.45, 7) is 6.39. The lowest BCUT2D eigenvalue weighted by Crippen LogP contribution is -2.53. The smallest absolute Gasteiger partial charge is 0.246 e. The molecule has 2 amide bonds. The van der Waals surface area contributed by atoms with E-state index in [2.05, 4.69) is 10.2 Å². The fraction of sp³-hybridized carbons (Fsp3) is 0.259.